The summed E-state index contributed by atoms with van der Waals surface area (Å²) in [5, 5.41) is 16.5. The van der Waals surface area contributed by atoms with E-state index in [1.165, 1.54) is 11.1 Å². The molecular formula is C12H17NO2S. The van der Waals surface area contributed by atoms with Crippen LogP contribution < -0.4 is 5.32 Å². The molecule has 1 aliphatic rings. The first-order valence-electron chi connectivity index (χ1n) is 5.64. The fourth-order valence-electron chi connectivity index (χ4n) is 2.44. The highest BCUT2D eigenvalue weighted by Crippen LogP contribution is 2.32. The van der Waals surface area contributed by atoms with E-state index in [9.17, 15) is 4.79 Å². The summed E-state index contributed by atoms with van der Waals surface area (Å²) in [5.41, 5.74) is 2.77. The summed E-state index contributed by atoms with van der Waals surface area (Å²) in [6.45, 7) is 3.07. The SMILES string of the molecule is Cc1cscc1C1CCNC(CC(=O)O)C1. The summed E-state index contributed by atoms with van der Waals surface area (Å²) in [7, 11) is 0. The van der Waals surface area contributed by atoms with Gasteiger partial charge in [0.15, 0.2) is 0 Å². The second-order valence-corrected chi connectivity index (χ2v) is 5.22. The minimum absolute atomic E-state index is 0.135. The Balaban J connectivity index is 2.02. The second-order valence-electron chi connectivity index (χ2n) is 4.48. The number of rotatable bonds is 3. The van der Waals surface area contributed by atoms with Gasteiger partial charge in [-0.25, -0.2) is 0 Å². The lowest BCUT2D eigenvalue weighted by molar-refractivity contribution is -0.137. The molecule has 0 spiro atoms. The van der Waals surface area contributed by atoms with E-state index in [-0.39, 0.29) is 12.5 Å². The van der Waals surface area contributed by atoms with Gasteiger partial charge in [0.25, 0.3) is 0 Å². The van der Waals surface area contributed by atoms with Crippen molar-refractivity contribution in [1.29, 1.82) is 0 Å². The number of hydrogen-bond acceptors (Lipinski definition) is 3. The number of piperidine rings is 1. The Morgan fingerprint density at radius 1 is 1.62 bits per heavy atom. The Morgan fingerprint density at radius 3 is 3.06 bits per heavy atom. The Morgan fingerprint density at radius 2 is 2.44 bits per heavy atom. The molecule has 2 N–H and O–H groups in total. The summed E-state index contributed by atoms with van der Waals surface area (Å²) in [6.07, 6.45) is 2.30. The Kier molecular flexibility index (Phi) is 3.61. The van der Waals surface area contributed by atoms with Crippen LogP contribution in [0.15, 0.2) is 10.8 Å². The average molecular weight is 239 g/mol. The average Bonchev–Trinajstić information content (AvgIpc) is 2.64. The van der Waals surface area contributed by atoms with Crippen LogP contribution in [0.25, 0.3) is 0 Å². The van der Waals surface area contributed by atoms with Crippen molar-refractivity contribution in [1.82, 2.24) is 5.32 Å². The summed E-state index contributed by atoms with van der Waals surface area (Å²) in [5.74, 6) is -0.169. The Bertz CT molecular complexity index is 375. The van der Waals surface area contributed by atoms with Gasteiger partial charge in [0.1, 0.15) is 0 Å². The highest BCUT2D eigenvalue weighted by atomic mass is 32.1. The molecule has 0 aliphatic carbocycles. The van der Waals surface area contributed by atoms with Gasteiger partial charge in [-0.3, -0.25) is 4.79 Å². The van der Waals surface area contributed by atoms with E-state index in [0.717, 1.165) is 19.4 Å². The number of carboxylic acids is 1. The Labute approximate surface area is 99.5 Å². The largest absolute Gasteiger partial charge is 0.481 e. The molecule has 3 nitrogen and oxygen atoms in total. The van der Waals surface area contributed by atoms with Gasteiger partial charge in [0.2, 0.25) is 0 Å². The molecule has 2 rings (SSSR count). The van der Waals surface area contributed by atoms with Gasteiger partial charge in [-0.1, -0.05) is 0 Å². The zero-order valence-electron chi connectivity index (χ0n) is 9.40. The van der Waals surface area contributed by atoms with Crippen LogP contribution in [0.5, 0.6) is 0 Å². The molecule has 0 aromatic carbocycles. The zero-order chi connectivity index (χ0) is 11.5. The third kappa shape index (κ3) is 2.62. The minimum Gasteiger partial charge on any atom is -0.481 e. The lowest BCUT2D eigenvalue weighted by Crippen LogP contribution is -2.38. The first-order valence-corrected chi connectivity index (χ1v) is 6.59. The lowest BCUT2D eigenvalue weighted by atomic mass is 9.85. The third-order valence-electron chi connectivity index (χ3n) is 3.25. The molecule has 0 saturated carbocycles. The predicted molar refractivity (Wildman–Crippen MR) is 65.1 cm³/mol. The van der Waals surface area contributed by atoms with Gasteiger partial charge in [0.05, 0.1) is 6.42 Å². The first-order chi connectivity index (χ1) is 7.66. The highest BCUT2D eigenvalue weighted by Gasteiger charge is 2.25. The van der Waals surface area contributed by atoms with Crippen molar-refractivity contribution < 1.29 is 9.90 Å². The number of carbonyl (C=O) groups is 1. The summed E-state index contributed by atoms with van der Waals surface area (Å²) < 4.78 is 0. The number of carboxylic acid groups (broad SMARTS) is 1. The smallest absolute Gasteiger partial charge is 0.304 e. The molecule has 1 aromatic heterocycles. The maximum Gasteiger partial charge on any atom is 0.304 e. The molecule has 4 heteroatoms. The first kappa shape index (κ1) is 11.6. The third-order valence-corrected chi connectivity index (χ3v) is 4.13. The predicted octanol–water partition coefficient (Wildman–Crippen LogP) is 2.37. The standard InChI is InChI=1S/C12H17NO2S/c1-8-6-16-7-11(8)9-2-3-13-10(4-9)5-12(14)15/h6-7,9-10,13H,2-5H2,1H3,(H,14,15). The van der Waals surface area contributed by atoms with Crippen LogP contribution in [-0.2, 0) is 4.79 Å². The van der Waals surface area contributed by atoms with Crippen LogP contribution in [0.1, 0.15) is 36.3 Å². The Hall–Kier alpha value is -0.870. The molecular weight excluding hydrogens is 222 g/mol. The number of thiophene rings is 1. The molecule has 1 fully saturated rings. The zero-order valence-corrected chi connectivity index (χ0v) is 10.2. The van der Waals surface area contributed by atoms with E-state index in [0.29, 0.717) is 5.92 Å². The van der Waals surface area contributed by atoms with Crippen LogP contribution in [-0.4, -0.2) is 23.7 Å². The van der Waals surface area contributed by atoms with Gasteiger partial charge in [-0.05, 0) is 54.1 Å². The van der Waals surface area contributed by atoms with Crippen LogP contribution >= 0.6 is 11.3 Å². The van der Waals surface area contributed by atoms with E-state index < -0.39 is 5.97 Å². The summed E-state index contributed by atoms with van der Waals surface area (Å²) in [4.78, 5) is 10.7. The summed E-state index contributed by atoms with van der Waals surface area (Å²) >= 11 is 1.74. The van der Waals surface area contributed by atoms with E-state index in [1.807, 2.05) is 0 Å². The minimum atomic E-state index is -0.708. The van der Waals surface area contributed by atoms with Gasteiger partial charge in [-0.2, -0.15) is 11.3 Å². The molecule has 16 heavy (non-hydrogen) atoms. The normalized spacial score (nSPS) is 25.6. The number of aryl methyl sites for hydroxylation is 1. The van der Waals surface area contributed by atoms with Crippen molar-refractivity contribution in [3.8, 4) is 0 Å². The molecule has 1 aromatic rings. The highest BCUT2D eigenvalue weighted by molar-refractivity contribution is 7.08. The molecule has 2 unspecified atom stereocenters. The fraction of sp³-hybridized carbons (Fsp3) is 0.583. The van der Waals surface area contributed by atoms with E-state index in [2.05, 4.69) is 23.0 Å². The summed E-state index contributed by atoms with van der Waals surface area (Å²) in [6, 6.07) is 0.135. The molecule has 0 radical (unpaired) electrons. The van der Waals surface area contributed by atoms with E-state index in [1.54, 1.807) is 11.3 Å². The van der Waals surface area contributed by atoms with Crippen molar-refractivity contribution in [2.24, 2.45) is 0 Å². The van der Waals surface area contributed by atoms with Crippen molar-refractivity contribution in [2.75, 3.05) is 6.54 Å². The maximum absolute atomic E-state index is 10.7. The van der Waals surface area contributed by atoms with Crippen molar-refractivity contribution >= 4 is 17.3 Å². The molecule has 1 aliphatic heterocycles. The van der Waals surface area contributed by atoms with Crippen LogP contribution in [0, 0.1) is 6.92 Å². The molecule has 2 heterocycles. The van der Waals surface area contributed by atoms with Crippen LogP contribution in [0.3, 0.4) is 0 Å². The topological polar surface area (TPSA) is 49.3 Å². The van der Waals surface area contributed by atoms with Crippen molar-refractivity contribution in [2.45, 2.75) is 38.1 Å². The van der Waals surface area contributed by atoms with E-state index in [4.69, 9.17) is 5.11 Å². The number of hydrogen-bond donors (Lipinski definition) is 2. The fourth-order valence-corrected chi connectivity index (χ4v) is 3.38. The molecule has 2 atom stereocenters. The van der Waals surface area contributed by atoms with Gasteiger partial charge in [-0.15, -0.1) is 0 Å². The molecule has 0 amide bonds. The maximum atomic E-state index is 10.7. The van der Waals surface area contributed by atoms with Gasteiger partial charge in [0, 0.05) is 6.04 Å². The van der Waals surface area contributed by atoms with Gasteiger partial charge < -0.3 is 10.4 Å². The second kappa shape index (κ2) is 4.97. The number of nitrogens with one attached hydrogen (secondary N) is 1. The number of aliphatic carboxylic acids is 1. The monoisotopic (exact) mass is 239 g/mol. The molecule has 0 bridgehead atoms. The molecule has 1 saturated heterocycles. The van der Waals surface area contributed by atoms with Crippen molar-refractivity contribution in [3.63, 3.8) is 0 Å². The van der Waals surface area contributed by atoms with Crippen molar-refractivity contribution in [3.05, 3.63) is 21.9 Å². The van der Waals surface area contributed by atoms with E-state index >= 15 is 0 Å². The quantitative estimate of drug-likeness (QED) is 0.851. The van der Waals surface area contributed by atoms with Crippen LogP contribution in [0.4, 0.5) is 0 Å². The van der Waals surface area contributed by atoms with Gasteiger partial charge >= 0.3 is 5.97 Å². The van der Waals surface area contributed by atoms with Crippen LogP contribution in [0.2, 0.25) is 0 Å². The molecule has 88 valence electrons. The lowest BCUT2D eigenvalue weighted by Gasteiger charge is -2.29.